The number of piperidine rings is 1. The number of amides is 1. The van der Waals surface area contributed by atoms with Crippen LogP contribution in [0.1, 0.15) is 50.2 Å². The number of aryl methyl sites for hydroxylation is 2. The molecule has 6 heteroatoms. The second kappa shape index (κ2) is 7.87. The van der Waals surface area contributed by atoms with E-state index in [-0.39, 0.29) is 11.8 Å². The molecule has 138 valence electrons. The third kappa shape index (κ3) is 4.06. The topological polar surface area (TPSA) is 66.5 Å². The van der Waals surface area contributed by atoms with E-state index in [0.717, 1.165) is 32.1 Å². The van der Waals surface area contributed by atoms with Crippen molar-refractivity contribution in [3.05, 3.63) is 29.3 Å². The number of carbonyl (C=O) groups excluding carboxylic acids is 1. The van der Waals surface area contributed by atoms with Gasteiger partial charge >= 0.3 is 0 Å². The second-order valence-corrected chi connectivity index (χ2v) is 9.04. The highest BCUT2D eigenvalue weighted by molar-refractivity contribution is 7.89. The summed E-state index contributed by atoms with van der Waals surface area (Å²) >= 11 is 0. The fraction of sp³-hybridized carbons (Fsp3) is 0.632. The van der Waals surface area contributed by atoms with E-state index >= 15 is 0 Å². The third-order valence-electron chi connectivity index (χ3n) is 5.36. The Morgan fingerprint density at radius 3 is 2.64 bits per heavy atom. The molecule has 0 radical (unpaired) electrons. The van der Waals surface area contributed by atoms with Crippen molar-refractivity contribution in [3.63, 3.8) is 0 Å². The van der Waals surface area contributed by atoms with Crippen LogP contribution in [0.5, 0.6) is 0 Å². The Bertz CT molecular complexity index is 722. The van der Waals surface area contributed by atoms with Gasteiger partial charge in [0, 0.05) is 25.6 Å². The molecule has 1 N–H and O–H groups in total. The lowest BCUT2D eigenvalue weighted by Gasteiger charge is -2.30. The van der Waals surface area contributed by atoms with Crippen LogP contribution in [-0.2, 0) is 27.7 Å². The fourth-order valence-corrected chi connectivity index (χ4v) is 5.27. The summed E-state index contributed by atoms with van der Waals surface area (Å²) in [5.41, 5.74) is 2.45. The van der Waals surface area contributed by atoms with Gasteiger partial charge in [0.1, 0.15) is 0 Å². The molecule has 1 saturated heterocycles. The van der Waals surface area contributed by atoms with E-state index in [0.29, 0.717) is 37.4 Å². The molecule has 1 heterocycles. The number of nitrogens with zero attached hydrogens (tertiary/aromatic N) is 1. The Morgan fingerprint density at radius 2 is 1.92 bits per heavy atom. The van der Waals surface area contributed by atoms with Gasteiger partial charge < -0.3 is 5.32 Å². The number of hydrogen-bond acceptors (Lipinski definition) is 3. The molecule has 2 aliphatic rings. The molecule has 1 aromatic rings. The van der Waals surface area contributed by atoms with Gasteiger partial charge in [0.05, 0.1) is 4.90 Å². The van der Waals surface area contributed by atoms with Crippen LogP contribution in [0.25, 0.3) is 0 Å². The number of rotatable bonds is 6. The lowest BCUT2D eigenvalue weighted by molar-refractivity contribution is -0.126. The van der Waals surface area contributed by atoms with Gasteiger partial charge in [-0.3, -0.25) is 4.79 Å². The Kier molecular flexibility index (Phi) is 5.79. The van der Waals surface area contributed by atoms with Crippen molar-refractivity contribution < 1.29 is 13.2 Å². The largest absolute Gasteiger partial charge is 0.356 e. The molecule has 5 nitrogen and oxygen atoms in total. The number of benzene rings is 1. The molecule has 0 atom stereocenters. The number of unbranched alkanes of at least 4 members (excludes halogenated alkanes) is 1. The van der Waals surface area contributed by atoms with Crippen LogP contribution in [-0.4, -0.2) is 38.3 Å². The summed E-state index contributed by atoms with van der Waals surface area (Å²) in [6, 6.07) is 5.55. The summed E-state index contributed by atoms with van der Waals surface area (Å²) in [6.45, 7) is 3.65. The molecule has 3 rings (SSSR count). The van der Waals surface area contributed by atoms with E-state index in [1.54, 1.807) is 10.4 Å². The SMILES string of the molecule is CCCCNC(=O)C1CCN(S(=O)(=O)c2ccc3c(c2)CCC3)CC1. The van der Waals surface area contributed by atoms with E-state index in [9.17, 15) is 13.2 Å². The standard InChI is InChI=1S/C19H28N2O3S/c1-2-3-11-20-19(22)16-9-12-21(13-10-16)25(23,24)18-8-7-15-5-4-6-17(15)14-18/h7-8,14,16H,2-6,9-13H2,1H3,(H,20,22). The summed E-state index contributed by atoms with van der Waals surface area (Å²) in [6.07, 6.45) is 6.36. The molecule has 25 heavy (non-hydrogen) atoms. The molecule has 1 aromatic carbocycles. The Balaban J connectivity index is 1.61. The molecule has 0 aromatic heterocycles. The van der Waals surface area contributed by atoms with Crippen molar-refractivity contribution in [3.8, 4) is 0 Å². The van der Waals surface area contributed by atoms with Gasteiger partial charge in [-0.25, -0.2) is 8.42 Å². The Labute approximate surface area is 150 Å². The summed E-state index contributed by atoms with van der Waals surface area (Å²) in [5, 5.41) is 2.96. The van der Waals surface area contributed by atoms with Crippen LogP contribution in [0.4, 0.5) is 0 Å². The van der Waals surface area contributed by atoms with Crippen LogP contribution in [0.15, 0.2) is 23.1 Å². The predicted molar refractivity (Wildman–Crippen MR) is 97.9 cm³/mol. The number of fused-ring (bicyclic) bond motifs is 1. The Hall–Kier alpha value is -1.40. The molecular formula is C19H28N2O3S. The highest BCUT2D eigenvalue weighted by atomic mass is 32.2. The van der Waals surface area contributed by atoms with Crippen molar-refractivity contribution in [1.82, 2.24) is 9.62 Å². The fourth-order valence-electron chi connectivity index (χ4n) is 3.75. The quantitative estimate of drug-likeness (QED) is 0.789. The summed E-state index contributed by atoms with van der Waals surface area (Å²) in [7, 11) is -3.45. The van der Waals surface area contributed by atoms with Gasteiger partial charge in [-0.05, 0) is 61.8 Å². The molecule has 1 amide bonds. The van der Waals surface area contributed by atoms with E-state index in [1.165, 1.54) is 11.1 Å². The van der Waals surface area contributed by atoms with Crippen molar-refractivity contribution in [1.29, 1.82) is 0 Å². The van der Waals surface area contributed by atoms with Crippen molar-refractivity contribution >= 4 is 15.9 Å². The van der Waals surface area contributed by atoms with Crippen molar-refractivity contribution in [2.75, 3.05) is 19.6 Å². The van der Waals surface area contributed by atoms with Crippen LogP contribution < -0.4 is 5.32 Å². The molecule has 1 fully saturated rings. The van der Waals surface area contributed by atoms with Crippen LogP contribution in [0.2, 0.25) is 0 Å². The zero-order chi connectivity index (χ0) is 17.9. The molecule has 0 spiro atoms. The molecular weight excluding hydrogens is 336 g/mol. The van der Waals surface area contributed by atoms with Gasteiger partial charge in [-0.2, -0.15) is 4.31 Å². The lowest BCUT2D eigenvalue weighted by atomic mass is 9.97. The maximum atomic E-state index is 12.9. The molecule has 0 saturated carbocycles. The van der Waals surface area contributed by atoms with Crippen LogP contribution in [0.3, 0.4) is 0 Å². The van der Waals surface area contributed by atoms with Crippen molar-refractivity contribution in [2.45, 2.75) is 56.8 Å². The molecule has 1 aliphatic carbocycles. The second-order valence-electron chi connectivity index (χ2n) is 7.11. The minimum absolute atomic E-state index is 0.0664. The summed E-state index contributed by atoms with van der Waals surface area (Å²) in [5.74, 6) is 0.00588. The smallest absolute Gasteiger partial charge is 0.243 e. The minimum atomic E-state index is -3.45. The van der Waals surface area contributed by atoms with Gasteiger partial charge in [-0.1, -0.05) is 19.4 Å². The Morgan fingerprint density at radius 1 is 1.20 bits per heavy atom. The van der Waals surface area contributed by atoms with E-state index in [2.05, 4.69) is 12.2 Å². The monoisotopic (exact) mass is 364 g/mol. The normalized spacial score (nSPS) is 18.9. The number of sulfonamides is 1. The average Bonchev–Trinajstić information content (AvgIpc) is 3.09. The van der Waals surface area contributed by atoms with Gasteiger partial charge in [0.25, 0.3) is 0 Å². The van der Waals surface area contributed by atoms with E-state index in [1.807, 2.05) is 12.1 Å². The summed E-state index contributed by atoms with van der Waals surface area (Å²) in [4.78, 5) is 12.5. The van der Waals surface area contributed by atoms with E-state index in [4.69, 9.17) is 0 Å². The maximum Gasteiger partial charge on any atom is 0.243 e. The first-order chi connectivity index (χ1) is 12.0. The predicted octanol–water partition coefficient (Wildman–Crippen LogP) is 2.49. The minimum Gasteiger partial charge on any atom is -0.356 e. The van der Waals surface area contributed by atoms with Gasteiger partial charge in [0.15, 0.2) is 0 Å². The zero-order valence-electron chi connectivity index (χ0n) is 15.0. The van der Waals surface area contributed by atoms with Crippen LogP contribution >= 0.6 is 0 Å². The van der Waals surface area contributed by atoms with E-state index < -0.39 is 10.0 Å². The molecule has 0 unspecified atom stereocenters. The highest BCUT2D eigenvalue weighted by Crippen LogP contribution is 2.28. The van der Waals surface area contributed by atoms with Crippen LogP contribution in [0, 0.1) is 5.92 Å². The number of carbonyl (C=O) groups is 1. The van der Waals surface area contributed by atoms with Crippen molar-refractivity contribution in [2.24, 2.45) is 5.92 Å². The first-order valence-electron chi connectivity index (χ1n) is 9.42. The zero-order valence-corrected chi connectivity index (χ0v) is 15.8. The maximum absolute atomic E-state index is 12.9. The highest BCUT2D eigenvalue weighted by Gasteiger charge is 2.32. The number of nitrogens with one attached hydrogen (secondary N) is 1. The van der Waals surface area contributed by atoms with Gasteiger partial charge in [-0.15, -0.1) is 0 Å². The molecule has 1 aliphatic heterocycles. The average molecular weight is 365 g/mol. The van der Waals surface area contributed by atoms with Gasteiger partial charge in [0.2, 0.25) is 15.9 Å². The first-order valence-corrected chi connectivity index (χ1v) is 10.9. The third-order valence-corrected chi connectivity index (χ3v) is 7.26. The first kappa shape index (κ1) is 18.4. The lowest BCUT2D eigenvalue weighted by Crippen LogP contribution is -2.43. The number of hydrogen-bond donors (Lipinski definition) is 1. The summed E-state index contributed by atoms with van der Waals surface area (Å²) < 4.78 is 27.3. The molecule has 0 bridgehead atoms.